The third kappa shape index (κ3) is 4.67. The second-order valence-corrected chi connectivity index (χ2v) is 7.71. The first kappa shape index (κ1) is 23.2. The van der Waals surface area contributed by atoms with E-state index in [4.69, 9.17) is 14.2 Å². The Hall–Kier alpha value is -4.54. The fraction of sp³-hybridized carbons (Fsp3) is 0.160. The molecule has 0 spiro atoms. The second-order valence-electron chi connectivity index (χ2n) is 7.71. The van der Waals surface area contributed by atoms with Crippen molar-refractivity contribution in [3.05, 3.63) is 77.9 Å². The van der Waals surface area contributed by atoms with Crippen LogP contribution in [0, 0.1) is 0 Å². The molecule has 0 aliphatic carbocycles. The van der Waals surface area contributed by atoms with Gasteiger partial charge in [0.15, 0.2) is 17.3 Å². The zero-order chi connectivity index (χ0) is 25.3. The van der Waals surface area contributed by atoms with Crippen LogP contribution >= 0.6 is 0 Å². The molecule has 0 fully saturated rings. The van der Waals surface area contributed by atoms with E-state index in [1.54, 1.807) is 41.1 Å². The molecule has 1 N–H and O–H groups in total. The smallest absolute Gasteiger partial charge is 0.416 e. The number of carbonyl (C=O) groups excluding carboxylic acids is 1. The molecule has 3 aromatic carbocycles. The van der Waals surface area contributed by atoms with E-state index in [1.807, 2.05) is 13.0 Å². The summed E-state index contributed by atoms with van der Waals surface area (Å²) in [5, 5.41) is 7.11. The summed E-state index contributed by atoms with van der Waals surface area (Å²) in [6.07, 6.45) is -4.46. The minimum absolute atomic E-state index is 0.106. The standard InChI is InChI=1S/C25H19F3N4O4/c1-2-34-24-30-22(16-5-12-20-21(13-16)36-14-35-20)32(31-24)19-10-8-18(9-11-19)29-23(33)15-3-6-17(7-4-15)25(26,27)28/h3-13H,2,14H2,1H3,(H,29,33). The van der Waals surface area contributed by atoms with E-state index in [0.717, 1.165) is 29.8 Å². The highest BCUT2D eigenvalue weighted by molar-refractivity contribution is 6.04. The van der Waals surface area contributed by atoms with Gasteiger partial charge in [0.25, 0.3) is 5.91 Å². The van der Waals surface area contributed by atoms with E-state index in [1.165, 1.54) is 0 Å². The summed E-state index contributed by atoms with van der Waals surface area (Å²) in [7, 11) is 0. The van der Waals surface area contributed by atoms with E-state index in [2.05, 4.69) is 15.4 Å². The number of ether oxygens (including phenoxy) is 3. The molecule has 0 atom stereocenters. The van der Waals surface area contributed by atoms with Crippen LogP contribution in [-0.2, 0) is 6.18 Å². The van der Waals surface area contributed by atoms with Crippen LogP contribution in [0.25, 0.3) is 17.1 Å². The van der Waals surface area contributed by atoms with E-state index in [-0.39, 0.29) is 18.4 Å². The quantitative estimate of drug-likeness (QED) is 0.388. The van der Waals surface area contributed by atoms with Gasteiger partial charge in [-0.25, -0.2) is 4.68 Å². The fourth-order valence-electron chi connectivity index (χ4n) is 3.59. The summed E-state index contributed by atoms with van der Waals surface area (Å²) >= 11 is 0. The Morgan fingerprint density at radius 2 is 1.75 bits per heavy atom. The van der Waals surface area contributed by atoms with Crippen molar-refractivity contribution in [3.8, 4) is 34.6 Å². The van der Waals surface area contributed by atoms with Crippen LogP contribution in [0.5, 0.6) is 17.5 Å². The van der Waals surface area contributed by atoms with Crippen molar-refractivity contribution in [1.29, 1.82) is 0 Å². The molecule has 1 aliphatic rings. The van der Waals surface area contributed by atoms with Crippen molar-refractivity contribution < 1.29 is 32.2 Å². The van der Waals surface area contributed by atoms with Gasteiger partial charge in [-0.1, -0.05) is 0 Å². The maximum Gasteiger partial charge on any atom is 0.416 e. The molecule has 0 saturated heterocycles. The molecule has 0 saturated carbocycles. The average Bonchev–Trinajstić information content (AvgIpc) is 3.51. The number of anilines is 1. The molecule has 1 aromatic heterocycles. The first-order valence-corrected chi connectivity index (χ1v) is 10.9. The molecule has 0 unspecified atom stereocenters. The van der Waals surface area contributed by atoms with E-state index >= 15 is 0 Å². The Morgan fingerprint density at radius 3 is 2.44 bits per heavy atom. The maximum absolute atomic E-state index is 12.8. The van der Waals surface area contributed by atoms with Gasteiger partial charge in [-0.3, -0.25) is 4.79 Å². The average molecular weight is 496 g/mol. The van der Waals surface area contributed by atoms with Gasteiger partial charge in [0.2, 0.25) is 6.79 Å². The largest absolute Gasteiger partial charge is 0.463 e. The predicted octanol–water partition coefficient (Wildman–Crippen LogP) is 5.33. The molecule has 5 rings (SSSR count). The molecule has 11 heteroatoms. The van der Waals surface area contributed by atoms with Crippen LogP contribution in [-0.4, -0.2) is 34.1 Å². The number of amides is 1. The Labute approximate surface area is 203 Å². The maximum atomic E-state index is 12.8. The van der Waals surface area contributed by atoms with E-state index < -0.39 is 17.6 Å². The minimum atomic E-state index is -4.46. The highest BCUT2D eigenvalue weighted by Crippen LogP contribution is 2.36. The van der Waals surface area contributed by atoms with Gasteiger partial charge in [0.1, 0.15) is 0 Å². The van der Waals surface area contributed by atoms with Gasteiger partial charge >= 0.3 is 12.2 Å². The highest BCUT2D eigenvalue weighted by Gasteiger charge is 2.30. The number of hydrogen-bond acceptors (Lipinski definition) is 6. The molecule has 1 amide bonds. The predicted molar refractivity (Wildman–Crippen MR) is 123 cm³/mol. The van der Waals surface area contributed by atoms with E-state index in [9.17, 15) is 18.0 Å². The summed E-state index contributed by atoms with van der Waals surface area (Å²) in [6, 6.07) is 16.4. The first-order chi connectivity index (χ1) is 17.3. The van der Waals surface area contributed by atoms with Gasteiger partial charge < -0.3 is 19.5 Å². The first-order valence-electron chi connectivity index (χ1n) is 10.9. The van der Waals surface area contributed by atoms with Crippen molar-refractivity contribution >= 4 is 11.6 Å². The number of nitrogens with zero attached hydrogens (tertiary/aromatic N) is 3. The fourth-order valence-corrected chi connectivity index (χ4v) is 3.59. The zero-order valence-corrected chi connectivity index (χ0v) is 18.9. The molecule has 8 nitrogen and oxygen atoms in total. The normalized spacial score (nSPS) is 12.4. The summed E-state index contributed by atoms with van der Waals surface area (Å²) < 4.78 is 56.2. The van der Waals surface area contributed by atoms with Gasteiger partial charge in [-0.05, 0) is 73.7 Å². The molecule has 0 bridgehead atoms. The minimum Gasteiger partial charge on any atom is -0.463 e. The molecular formula is C25H19F3N4O4. The summed E-state index contributed by atoms with van der Waals surface area (Å²) in [5.41, 5.74) is 1.13. The molecule has 0 radical (unpaired) electrons. The summed E-state index contributed by atoms with van der Waals surface area (Å²) in [5.74, 6) is 1.22. The number of rotatable bonds is 6. The zero-order valence-electron chi connectivity index (χ0n) is 18.9. The number of hydrogen-bond donors (Lipinski definition) is 1. The van der Waals surface area contributed by atoms with Crippen molar-refractivity contribution in [2.45, 2.75) is 13.1 Å². The molecule has 4 aromatic rings. The summed E-state index contributed by atoms with van der Waals surface area (Å²) in [4.78, 5) is 17.0. The van der Waals surface area contributed by atoms with Gasteiger partial charge in [0.05, 0.1) is 17.9 Å². The summed E-state index contributed by atoms with van der Waals surface area (Å²) in [6.45, 7) is 2.37. The number of benzene rings is 3. The Kier molecular flexibility index (Phi) is 5.96. The SMILES string of the molecule is CCOc1nc(-c2ccc3c(c2)OCO3)n(-c2ccc(NC(=O)c3ccc(C(F)(F)F)cc3)cc2)n1. The van der Waals surface area contributed by atoms with Crippen molar-refractivity contribution in [1.82, 2.24) is 14.8 Å². The lowest BCUT2D eigenvalue weighted by Crippen LogP contribution is -2.13. The van der Waals surface area contributed by atoms with E-state index in [0.29, 0.717) is 35.3 Å². The van der Waals surface area contributed by atoms with Crippen LogP contribution in [0.1, 0.15) is 22.8 Å². The molecular weight excluding hydrogens is 477 g/mol. The second kappa shape index (κ2) is 9.25. The number of halogens is 3. The van der Waals surface area contributed by atoms with Gasteiger partial charge in [-0.15, -0.1) is 5.10 Å². The lowest BCUT2D eigenvalue weighted by Gasteiger charge is -2.10. The van der Waals surface area contributed by atoms with Gasteiger partial charge in [-0.2, -0.15) is 18.2 Å². The Morgan fingerprint density at radius 1 is 1.03 bits per heavy atom. The number of carbonyl (C=O) groups is 1. The molecule has 184 valence electrons. The monoisotopic (exact) mass is 496 g/mol. The van der Waals surface area contributed by atoms with Crippen LogP contribution in [0.3, 0.4) is 0 Å². The highest BCUT2D eigenvalue weighted by atomic mass is 19.4. The van der Waals surface area contributed by atoms with Crippen molar-refractivity contribution in [2.24, 2.45) is 0 Å². The third-order valence-electron chi connectivity index (χ3n) is 5.34. The number of aromatic nitrogens is 3. The lowest BCUT2D eigenvalue weighted by atomic mass is 10.1. The van der Waals surface area contributed by atoms with Crippen LogP contribution in [0.4, 0.5) is 18.9 Å². The number of fused-ring (bicyclic) bond motifs is 1. The van der Waals surface area contributed by atoms with Gasteiger partial charge in [0, 0.05) is 16.8 Å². The van der Waals surface area contributed by atoms with Crippen molar-refractivity contribution in [2.75, 3.05) is 18.7 Å². The Balaban J connectivity index is 1.38. The number of alkyl halides is 3. The third-order valence-corrected chi connectivity index (χ3v) is 5.34. The number of nitrogens with one attached hydrogen (secondary N) is 1. The molecule has 2 heterocycles. The Bertz CT molecular complexity index is 1400. The van der Waals surface area contributed by atoms with Crippen molar-refractivity contribution in [3.63, 3.8) is 0 Å². The molecule has 1 aliphatic heterocycles. The van der Waals surface area contributed by atoms with Crippen LogP contribution in [0.2, 0.25) is 0 Å². The molecule has 36 heavy (non-hydrogen) atoms. The van der Waals surface area contributed by atoms with Crippen LogP contribution < -0.4 is 19.5 Å². The topological polar surface area (TPSA) is 87.5 Å². The lowest BCUT2D eigenvalue weighted by molar-refractivity contribution is -0.137. The van der Waals surface area contributed by atoms with Crippen LogP contribution in [0.15, 0.2) is 66.7 Å².